The summed E-state index contributed by atoms with van der Waals surface area (Å²) in [5.41, 5.74) is 1.47. The Morgan fingerprint density at radius 2 is 1.75 bits per heavy atom. The van der Waals surface area contributed by atoms with E-state index in [0.29, 0.717) is 11.3 Å². The molecule has 2 aromatic carbocycles. The molecule has 2 aromatic rings. The number of benzene rings is 2. The molecule has 0 radical (unpaired) electrons. The molecule has 0 aliphatic heterocycles. The zero-order valence-corrected chi connectivity index (χ0v) is 11.2. The van der Waals surface area contributed by atoms with Gasteiger partial charge in [-0.3, -0.25) is 9.59 Å². The lowest BCUT2D eigenvalue weighted by atomic mass is 10.1. The first-order valence-electron chi connectivity index (χ1n) is 6.16. The fraction of sp³-hybridized carbons (Fsp3) is 0.125. The third-order valence-corrected chi connectivity index (χ3v) is 2.92. The van der Waals surface area contributed by atoms with E-state index in [1.165, 1.54) is 19.1 Å². The molecule has 3 nitrogen and oxygen atoms in total. The fourth-order valence-electron chi connectivity index (χ4n) is 1.89. The predicted octanol–water partition coefficient (Wildman–Crippen LogP) is 3.59. The molecule has 0 aliphatic rings. The number of Topliss-reactive ketones (excluding diaryl/α,β-unsaturated/α-hetero) is 1. The minimum absolute atomic E-state index is 0.0473. The van der Waals surface area contributed by atoms with Crippen molar-refractivity contribution in [1.29, 1.82) is 0 Å². The lowest BCUT2D eigenvalue weighted by Crippen LogP contribution is -2.15. The largest absolute Gasteiger partial charge is 0.321 e. The zero-order chi connectivity index (χ0) is 14.7. The Hall–Kier alpha value is -2.49. The van der Waals surface area contributed by atoms with Crippen LogP contribution < -0.4 is 5.32 Å². The molecule has 2 rings (SSSR count). The molecule has 1 amide bonds. The summed E-state index contributed by atoms with van der Waals surface area (Å²) in [5.74, 6) is -1.32. The molecule has 0 bridgehead atoms. The van der Waals surface area contributed by atoms with Crippen LogP contribution in [0.25, 0.3) is 0 Å². The van der Waals surface area contributed by atoms with Crippen LogP contribution in [0, 0.1) is 12.7 Å². The van der Waals surface area contributed by atoms with Crippen molar-refractivity contribution >= 4 is 17.4 Å². The first-order chi connectivity index (χ1) is 9.49. The Balaban J connectivity index is 2.30. The summed E-state index contributed by atoms with van der Waals surface area (Å²) < 4.78 is 13.7. The summed E-state index contributed by atoms with van der Waals surface area (Å²) in [6.45, 7) is 3.16. The number of rotatable bonds is 3. The van der Waals surface area contributed by atoms with Gasteiger partial charge in [-0.25, -0.2) is 4.39 Å². The van der Waals surface area contributed by atoms with Gasteiger partial charge < -0.3 is 5.32 Å². The van der Waals surface area contributed by atoms with Crippen LogP contribution in [0.2, 0.25) is 0 Å². The van der Waals surface area contributed by atoms with Gasteiger partial charge in [0.25, 0.3) is 5.91 Å². The highest BCUT2D eigenvalue weighted by molar-refractivity contribution is 6.09. The molecular formula is C16H14FNO2. The van der Waals surface area contributed by atoms with E-state index in [9.17, 15) is 14.0 Å². The second kappa shape index (κ2) is 5.65. The van der Waals surface area contributed by atoms with E-state index in [1.807, 2.05) is 0 Å². The highest BCUT2D eigenvalue weighted by Crippen LogP contribution is 2.18. The van der Waals surface area contributed by atoms with Gasteiger partial charge in [0, 0.05) is 5.56 Å². The molecule has 0 spiro atoms. The summed E-state index contributed by atoms with van der Waals surface area (Å²) in [5, 5.41) is 2.57. The van der Waals surface area contributed by atoms with E-state index in [-0.39, 0.29) is 11.3 Å². The van der Waals surface area contributed by atoms with Gasteiger partial charge in [0.1, 0.15) is 5.82 Å². The van der Waals surface area contributed by atoms with Crippen molar-refractivity contribution in [3.8, 4) is 0 Å². The quantitative estimate of drug-likeness (QED) is 0.867. The Labute approximate surface area is 116 Å². The number of para-hydroxylation sites is 1. The monoisotopic (exact) mass is 271 g/mol. The van der Waals surface area contributed by atoms with E-state index >= 15 is 0 Å². The Morgan fingerprint density at radius 3 is 2.40 bits per heavy atom. The number of halogens is 1. The van der Waals surface area contributed by atoms with Crippen LogP contribution in [-0.4, -0.2) is 11.7 Å². The van der Waals surface area contributed by atoms with Gasteiger partial charge in [0.15, 0.2) is 5.78 Å². The molecule has 0 aromatic heterocycles. The van der Waals surface area contributed by atoms with Crippen molar-refractivity contribution in [3.63, 3.8) is 0 Å². The highest BCUT2D eigenvalue weighted by atomic mass is 19.1. The van der Waals surface area contributed by atoms with Crippen LogP contribution in [-0.2, 0) is 0 Å². The topological polar surface area (TPSA) is 46.2 Å². The van der Waals surface area contributed by atoms with E-state index in [0.717, 1.165) is 5.56 Å². The molecule has 20 heavy (non-hydrogen) atoms. The van der Waals surface area contributed by atoms with Gasteiger partial charge in [0.2, 0.25) is 0 Å². The molecule has 0 atom stereocenters. The first-order valence-corrected chi connectivity index (χ1v) is 6.16. The van der Waals surface area contributed by atoms with E-state index < -0.39 is 11.7 Å². The van der Waals surface area contributed by atoms with Crippen molar-refractivity contribution in [2.75, 3.05) is 5.32 Å². The lowest BCUT2D eigenvalue weighted by Gasteiger charge is -2.09. The minimum atomic E-state index is -0.581. The van der Waals surface area contributed by atoms with Gasteiger partial charge in [-0.2, -0.15) is 0 Å². The van der Waals surface area contributed by atoms with Crippen LogP contribution in [0.3, 0.4) is 0 Å². The van der Waals surface area contributed by atoms with Crippen molar-refractivity contribution in [2.24, 2.45) is 0 Å². The van der Waals surface area contributed by atoms with Crippen molar-refractivity contribution in [2.45, 2.75) is 13.8 Å². The average Bonchev–Trinajstić information content (AvgIpc) is 2.38. The Kier molecular flexibility index (Phi) is 3.94. The van der Waals surface area contributed by atoms with Gasteiger partial charge in [-0.15, -0.1) is 0 Å². The molecule has 4 heteroatoms. The maximum Gasteiger partial charge on any atom is 0.258 e. The summed E-state index contributed by atoms with van der Waals surface area (Å²) in [6, 6.07) is 11.0. The molecule has 102 valence electrons. The van der Waals surface area contributed by atoms with Gasteiger partial charge in [0.05, 0.1) is 11.3 Å². The third-order valence-electron chi connectivity index (χ3n) is 2.92. The van der Waals surface area contributed by atoms with Gasteiger partial charge in [-0.1, -0.05) is 18.2 Å². The van der Waals surface area contributed by atoms with Crippen LogP contribution in [0.4, 0.5) is 10.1 Å². The first kappa shape index (κ1) is 13.9. The van der Waals surface area contributed by atoms with E-state index in [1.54, 1.807) is 37.3 Å². The van der Waals surface area contributed by atoms with Crippen LogP contribution in [0.5, 0.6) is 0 Å². The fourth-order valence-corrected chi connectivity index (χ4v) is 1.89. The molecule has 0 unspecified atom stereocenters. The summed E-state index contributed by atoms with van der Waals surface area (Å²) in [7, 11) is 0. The predicted molar refractivity (Wildman–Crippen MR) is 75.5 cm³/mol. The number of aryl methyl sites for hydroxylation is 1. The normalized spacial score (nSPS) is 10.2. The number of nitrogens with one attached hydrogen (secondary N) is 1. The molecule has 0 saturated heterocycles. The number of hydrogen-bond acceptors (Lipinski definition) is 2. The SMILES string of the molecule is CC(=O)c1ccccc1NC(=O)c1ccc(C)cc1F. The molecular weight excluding hydrogens is 257 g/mol. The zero-order valence-electron chi connectivity index (χ0n) is 11.2. The summed E-state index contributed by atoms with van der Waals surface area (Å²) >= 11 is 0. The summed E-state index contributed by atoms with van der Waals surface area (Å²) in [6.07, 6.45) is 0. The highest BCUT2D eigenvalue weighted by Gasteiger charge is 2.14. The number of anilines is 1. The smallest absolute Gasteiger partial charge is 0.258 e. The lowest BCUT2D eigenvalue weighted by molar-refractivity contribution is 0.101. The Morgan fingerprint density at radius 1 is 1.05 bits per heavy atom. The van der Waals surface area contributed by atoms with Crippen molar-refractivity contribution < 1.29 is 14.0 Å². The van der Waals surface area contributed by atoms with E-state index in [2.05, 4.69) is 5.32 Å². The average molecular weight is 271 g/mol. The summed E-state index contributed by atoms with van der Waals surface area (Å²) in [4.78, 5) is 23.5. The maximum atomic E-state index is 13.7. The number of hydrogen-bond donors (Lipinski definition) is 1. The van der Waals surface area contributed by atoms with Crippen LogP contribution >= 0.6 is 0 Å². The molecule has 0 aliphatic carbocycles. The van der Waals surface area contributed by atoms with Crippen LogP contribution in [0.15, 0.2) is 42.5 Å². The number of amides is 1. The molecule has 0 saturated carbocycles. The van der Waals surface area contributed by atoms with E-state index in [4.69, 9.17) is 0 Å². The molecule has 1 N–H and O–H groups in total. The van der Waals surface area contributed by atoms with Crippen molar-refractivity contribution in [1.82, 2.24) is 0 Å². The third kappa shape index (κ3) is 2.91. The minimum Gasteiger partial charge on any atom is -0.321 e. The van der Waals surface area contributed by atoms with Gasteiger partial charge >= 0.3 is 0 Å². The Bertz CT molecular complexity index is 680. The second-order valence-electron chi connectivity index (χ2n) is 4.54. The number of ketones is 1. The van der Waals surface area contributed by atoms with Gasteiger partial charge in [-0.05, 0) is 43.7 Å². The number of carbonyl (C=O) groups is 2. The second-order valence-corrected chi connectivity index (χ2v) is 4.54. The van der Waals surface area contributed by atoms with Crippen molar-refractivity contribution in [3.05, 3.63) is 65.0 Å². The standard InChI is InChI=1S/C16H14FNO2/c1-10-7-8-13(14(17)9-10)16(20)18-15-6-4-3-5-12(15)11(2)19/h3-9H,1-2H3,(H,18,20). The maximum absolute atomic E-state index is 13.7. The number of carbonyl (C=O) groups excluding carboxylic acids is 2. The molecule has 0 heterocycles. The molecule has 0 fully saturated rings. The van der Waals surface area contributed by atoms with Crippen LogP contribution in [0.1, 0.15) is 33.2 Å².